The molecular formula is C19H23FN2O3. The summed E-state index contributed by atoms with van der Waals surface area (Å²) in [6.07, 6.45) is 0. The number of hydrogen-bond acceptors (Lipinski definition) is 4. The second kappa shape index (κ2) is 8.48. The molecule has 0 aromatic heterocycles. The lowest BCUT2D eigenvalue weighted by Crippen LogP contribution is -2.36. The van der Waals surface area contributed by atoms with Gasteiger partial charge in [-0.25, -0.2) is 4.39 Å². The maximum absolute atomic E-state index is 13.1. The maximum Gasteiger partial charge on any atom is 0.242 e. The molecule has 0 fully saturated rings. The molecule has 0 spiro atoms. The summed E-state index contributed by atoms with van der Waals surface area (Å²) >= 11 is 0. The van der Waals surface area contributed by atoms with Gasteiger partial charge in [0.2, 0.25) is 5.91 Å². The smallest absolute Gasteiger partial charge is 0.242 e. The molecule has 0 radical (unpaired) electrons. The Hall–Kier alpha value is -2.60. The van der Waals surface area contributed by atoms with E-state index in [9.17, 15) is 9.18 Å². The van der Waals surface area contributed by atoms with Gasteiger partial charge in [-0.1, -0.05) is 24.3 Å². The van der Waals surface area contributed by atoms with E-state index < -0.39 is 6.04 Å². The molecule has 1 unspecified atom stereocenters. The van der Waals surface area contributed by atoms with E-state index in [4.69, 9.17) is 9.47 Å². The predicted molar refractivity (Wildman–Crippen MR) is 94.2 cm³/mol. The SMILES string of the molecule is COc1cccc(CNC(=O)C(c2ccc(F)cc2)N(C)C)c1OC. The maximum atomic E-state index is 13.1. The van der Waals surface area contributed by atoms with Crippen molar-refractivity contribution in [2.24, 2.45) is 0 Å². The number of ether oxygens (including phenoxy) is 2. The fourth-order valence-electron chi connectivity index (χ4n) is 2.70. The van der Waals surface area contributed by atoms with Gasteiger partial charge >= 0.3 is 0 Å². The summed E-state index contributed by atoms with van der Waals surface area (Å²) in [6, 6.07) is 10.9. The van der Waals surface area contributed by atoms with E-state index in [1.165, 1.54) is 12.1 Å². The molecule has 0 aliphatic rings. The summed E-state index contributed by atoms with van der Waals surface area (Å²) in [5, 5.41) is 2.91. The fourth-order valence-corrected chi connectivity index (χ4v) is 2.70. The Bertz CT molecular complexity index is 717. The van der Waals surface area contributed by atoms with Crippen LogP contribution >= 0.6 is 0 Å². The van der Waals surface area contributed by atoms with Crippen LogP contribution in [-0.2, 0) is 11.3 Å². The van der Waals surface area contributed by atoms with Crippen LogP contribution in [0, 0.1) is 5.82 Å². The lowest BCUT2D eigenvalue weighted by Gasteiger charge is -2.24. The molecule has 0 aliphatic heterocycles. The highest BCUT2D eigenvalue weighted by molar-refractivity contribution is 5.83. The molecule has 0 bridgehead atoms. The van der Waals surface area contributed by atoms with E-state index >= 15 is 0 Å². The molecule has 1 atom stereocenters. The van der Waals surface area contributed by atoms with Crippen molar-refractivity contribution < 1.29 is 18.7 Å². The molecule has 5 nitrogen and oxygen atoms in total. The Morgan fingerprint density at radius 3 is 2.36 bits per heavy atom. The van der Waals surface area contributed by atoms with Crippen LogP contribution in [-0.4, -0.2) is 39.1 Å². The minimum Gasteiger partial charge on any atom is -0.493 e. The van der Waals surface area contributed by atoms with Crippen molar-refractivity contribution >= 4 is 5.91 Å². The van der Waals surface area contributed by atoms with E-state index in [0.717, 1.165) is 11.1 Å². The molecule has 6 heteroatoms. The zero-order chi connectivity index (χ0) is 18.4. The average Bonchev–Trinajstić information content (AvgIpc) is 2.61. The first kappa shape index (κ1) is 18.7. The molecule has 2 aromatic carbocycles. The molecule has 0 saturated heterocycles. The third kappa shape index (κ3) is 4.48. The lowest BCUT2D eigenvalue weighted by molar-refractivity contribution is -0.125. The first-order chi connectivity index (χ1) is 12.0. The van der Waals surface area contributed by atoms with Gasteiger partial charge in [-0.15, -0.1) is 0 Å². The van der Waals surface area contributed by atoms with E-state index in [0.29, 0.717) is 18.0 Å². The van der Waals surface area contributed by atoms with Crippen LogP contribution < -0.4 is 14.8 Å². The van der Waals surface area contributed by atoms with Crippen molar-refractivity contribution in [2.75, 3.05) is 28.3 Å². The number of rotatable bonds is 7. The molecule has 134 valence electrons. The molecule has 2 rings (SSSR count). The van der Waals surface area contributed by atoms with Gasteiger partial charge in [0.15, 0.2) is 11.5 Å². The van der Waals surface area contributed by atoms with Crippen LogP contribution in [0.3, 0.4) is 0 Å². The number of carbonyl (C=O) groups is 1. The first-order valence-corrected chi connectivity index (χ1v) is 7.87. The van der Waals surface area contributed by atoms with Crippen LogP contribution in [0.1, 0.15) is 17.2 Å². The van der Waals surface area contributed by atoms with Gasteiger partial charge in [0.25, 0.3) is 0 Å². The number of amides is 1. The average molecular weight is 346 g/mol. The highest BCUT2D eigenvalue weighted by Gasteiger charge is 2.23. The summed E-state index contributed by atoms with van der Waals surface area (Å²) in [7, 11) is 6.74. The third-order valence-corrected chi connectivity index (χ3v) is 3.89. The molecule has 2 aromatic rings. The largest absolute Gasteiger partial charge is 0.493 e. The zero-order valence-electron chi connectivity index (χ0n) is 14.9. The van der Waals surface area contributed by atoms with Crippen LogP contribution in [0.25, 0.3) is 0 Å². The number of hydrogen-bond donors (Lipinski definition) is 1. The van der Waals surface area contributed by atoms with Crippen LogP contribution in [0.4, 0.5) is 4.39 Å². The molecule has 25 heavy (non-hydrogen) atoms. The summed E-state index contributed by atoms with van der Waals surface area (Å²) in [5.74, 6) is 0.690. The Morgan fingerprint density at radius 1 is 1.12 bits per heavy atom. The van der Waals surface area contributed by atoms with Gasteiger partial charge in [-0.05, 0) is 37.9 Å². The summed E-state index contributed by atoms with van der Waals surface area (Å²) in [5.41, 5.74) is 1.54. The molecule has 0 aliphatic carbocycles. The Balaban J connectivity index is 2.16. The van der Waals surface area contributed by atoms with E-state index in [2.05, 4.69) is 5.32 Å². The summed E-state index contributed by atoms with van der Waals surface area (Å²) in [4.78, 5) is 14.5. The molecule has 1 N–H and O–H groups in total. The van der Waals surface area contributed by atoms with Gasteiger partial charge in [-0.2, -0.15) is 0 Å². The molecule has 0 heterocycles. The standard InChI is InChI=1S/C19H23FN2O3/c1-22(2)17(13-8-10-15(20)11-9-13)19(23)21-12-14-6-5-7-16(24-3)18(14)25-4/h5-11,17H,12H2,1-4H3,(H,21,23). The second-order valence-electron chi connectivity index (χ2n) is 5.79. The number of likely N-dealkylation sites (N-methyl/N-ethyl adjacent to an activating group) is 1. The monoisotopic (exact) mass is 346 g/mol. The molecule has 1 amide bonds. The van der Waals surface area contributed by atoms with E-state index in [-0.39, 0.29) is 11.7 Å². The quantitative estimate of drug-likeness (QED) is 0.838. The van der Waals surface area contributed by atoms with Gasteiger partial charge in [0, 0.05) is 12.1 Å². The highest BCUT2D eigenvalue weighted by Crippen LogP contribution is 2.30. The van der Waals surface area contributed by atoms with Crippen molar-refractivity contribution in [1.29, 1.82) is 0 Å². The number of nitrogens with one attached hydrogen (secondary N) is 1. The highest BCUT2D eigenvalue weighted by atomic mass is 19.1. The molecule has 0 saturated carbocycles. The minimum atomic E-state index is -0.516. The fraction of sp³-hybridized carbons (Fsp3) is 0.316. The van der Waals surface area contributed by atoms with Gasteiger partial charge < -0.3 is 14.8 Å². The van der Waals surface area contributed by atoms with Crippen molar-refractivity contribution in [3.8, 4) is 11.5 Å². The second-order valence-corrected chi connectivity index (χ2v) is 5.79. The number of nitrogens with zero attached hydrogens (tertiary/aromatic N) is 1. The van der Waals surface area contributed by atoms with Crippen molar-refractivity contribution in [1.82, 2.24) is 10.2 Å². The number of methoxy groups -OCH3 is 2. The number of para-hydroxylation sites is 1. The topological polar surface area (TPSA) is 50.8 Å². The van der Waals surface area contributed by atoms with Gasteiger partial charge in [0.1, 0.15) is 11.9 Å². The Labute approximate surface area is 147 Å². The Morgan fingerprint density at radius 2 is 1.80 bits per heavy atom. The third-order valence-electron chi connectivity index (χ3n) is 3.89. The van der Waals surface area contributed by atoms with Crippen LogP contribution in [0.5, 0.6) is 11.5 Å². The lowest BCUT2D eigenvalue weighted by atomic mass is 10.0. The molecular weight excluding hydrogens is 323 g/mol. The Kier molecular flexibility index (Phi) is 6.36. The normalized spacial score (nSPS) is 11.9. The van der Waals surface area contributed by atoms with E-state index in [1.54, 1.807) is 51.4 Å². The van der Waals surface area contributed by atoms with Crippen LogP contribution in [0.2, 0.25) is 0 Å². The number of carbonyl (C=O) groups excluding carboxylic acids is 1. The van der Waals surface area contributed by atoms with Crippen molar-refractivity contribution in [3.63, 3.8) is 0 Å². The summed E-state index contributed by atoms with van der Waals surface area (Å²) < 4.78 is 23.8. The zero-order valence-corrected chi connectivity index (χ0v) is 14.9. The van der Waals surface area contributed by atoms with Crippen molar-refractivity contribution in [3.05, 3.63) is 59.4 Å². The minimum absolute atomic E-state index is 0.179. The number of benzene rings is 2. The summed E-state index contributed by atoms with van der Waals surface area (Å²) in [6.45, 7) is 0.296. The van der Waals surface area contributed by atoms with Crippen LogP contribution in [0.15, 0.2) is 42.5 Å². The number of halogens is 1. The predicted octanol–water partition coefficient (Wildman–Crippen LogP) is 2.76. The van der Waals surface area contributed by atoms with Gasteiger partial charge in [0.05, 0.1) is 14.2 Å². The van der Waals surface area contributed by atoms with Gasteiger partial charge in [-0.3, -0.25) is 9.69 Å². The van der Waals surface area contributed by atoms with Crippen molar-refractivity contribution in [2.45, 2.75) is 12.6 Å². The first-order valence-electron chi connectivity index (χ1n) is 7.87. The van der Waals surface area contributed by atoms with E-state index in [1.807, 2.05) is 12.1 Å².